The summed E-state index contributed by atoms with van der Waals surface area (Å²) in [4.78, 5) is 15.2. The first-order valence-electron chi connectivity index (χ1n) is 11.2. The highest BCUT2D eigenvalue weighted by molar-refractivity contribution is 7.89. The van der Waals surface area contributed by atoms with E-state index in [4.69, 9.17) is 9.47 Å². The quantitative estimate of drug-likeness (QED) is 0.568. The summed E-state index contributed by atoms with van der Waals surface area (Å²) in [6.07, 6.45) is 0. The summed E-state index contributed by atoms with van der Waals surface area (Å²) in [5, 5.41) is 2.93. The monoisotopic (exact) mass is 475 g/mol. The number of hydrogen-bond acceptors (Lipinski definition) is 6. The molecule has 1 amide bonds. The lowest BCUT2D eigenvalue weighted by Gasteiger charge is -2.26. The summed E-state index contributed by atoms with van der Waals surface area (Å²) < 4.78 is 38.3. The van der Waals surface area contributed by atoms with E-state index < -0.39 is 10.0 Å². The van der Waals surface area contributed by atoms with Gasteiger partial charge in [-0.05, 0) is 42.4 Å². The summed E-state index contributed by atoms with van der Waals surface area (Å²) >= 11 is 0. The number of nitrogens with zero attached hydrogens (tertiary/aromatic N) is 2. The Bertz CT molecular complexity index is 1050. The number of sulfonamides is 1. The lowest BCUT2D eigenvalue weighted by Crippen LogP contribution is -2.40. The Morgan fingerprint density at radius 1 is 1.09 bits per heavy atom. The van der Waals surface area contributed by atoms with Crippen LogP contribution in [0, 0.1) is 0 Å². The number of amides is 1. The SMILES string of the molecule is CCN(CC)Cc1ccccc1CNC(=O)c1ccc(OC)c(S(=O)(=O)N2CCOCC2)c1. The largest absolute Gasteiger partial charge is 0.495 e. The highest BCUT2D eigenvalue weighted by atomic mass is 32.2. The van der Waals surface area contributed by atoms with E-state index in [1.54, 1.807) is 6.07 Å². The fourth-order valence-corrected chi connectivity index (χ4v) is 5.38. The van der Waals surface area contributed by atoms with E-state index in [9.17, 15) is 13.2 Å². The van der Waals surface area contributed by atoms with E-state index in [0.717, 1.165) is 30.8 Å². The zero-order valence-electron chi connectivity index (χ0n) is 19.5. The third-order valence-electron chi connectivity index (χ3n) is 5.86. The van der Waals surface area contributed by atoms with Crippen molar-refractivity contribution in [2.24, 2.45) is 0 Å². The molecular weight excluding hydrogens is 442 g/mol. The number of carbonyl (C=O) groups is 1. The molecule has 0 bridgehead atoms. The van der Waals surface area contributed by atoms with Gasteiger partial charge in [0.25, 0.3) is 5.91 Å². The molecule has 1 aliphatic rings. The van der Waals surface area contributed by atoms with Crippen LogP contribution in [-0.2, 0) is 27.8 Å². The zero-order chi connectivity index (χ0) is 23.8. The van der Waals surface area contributed by atoms with Crippen molar-refractivity contribution in [1.82, 2.24) is 14.5 Å². The predicted octanol–water partition coefficient (Wildman–Crippen LogP) is 2.49. The zero-order valence-corrected chi connectivity index (χ0v) is 20.4. The van der Waals surface area contributed by atoms with Crippen molar-refractivity contribution in [3.05, 3.63) is 59.2 Å². The predicted molar refractivity (Wildman–Crippen MR) is 127 cm³/mol. The minimum Gasteiger partial charge on any atom is -0.495 e. The van der Waals surface area contributed by atoms with Crippen LogP contribution >= 0.6 is 0 Å². The maximum Gasteiger partial charge on any atom is 0.251 e. The highest BCUT2D eigenvalue weighted by Gasteiger charge is 2.30. The molecule has 0 saturated carbocycles. The van der Waals surface area contributed by atoms with E-state index in [1.807, 2.05) is 18.2 Å². The number of carbonyl (C=O) groups excluding carboxylic acids is 1. The average molecular weight is 476 g/mol. The summed E-state index contributed by atoms with van der Waals surface area (Å²) in [5.74, 6) is -0.128. The van der Waals surface area contributed by atoms with E-state index >= 15 is 0 Å². The molecule has 0 spiro atoms. The van der Waals surface area contributed by atoms with Crippen molar-refractivity contribution in [1.29, 1.82) is 0 Å². The minimum absolute atomic E-state index is 0.0125. The topological polar surface area (TPSA) is 88.2 Å². The number of methoxy groups -OCH3 is 1. The molecule has 180 valence electrons. The second-order valence-electron chi connectivity index (χ2n) is 7.79. The molecule has 1 N–H and O–H groups in total. The second-order valence-corrected chi connectivity index (χ2v) is 9.70. The molecular formula is C24H33N3O5S. The van der Waals surface area contributed by atoms with Gasteiger partial charge in [0.1, 0.15) is 10.6 Å². The maximum atomic E-state index is 13.2. The maximum absolute atomic E-state index is 13.2. The van der Waals surface area contributed by atoms with Gasteiger partial charge in [-0.15, -0.1) is 0 Å². The van der Waals surface area contributed by atoms with Crippen LogP contribution in [0.25, 0.3) is 0 Å². The average Bonchev–Trinajstić information content (AvgIpc) is 2.86. The van der Waals surface area contributed by atoms with Crippen molar-refractivity contribution in [3.8, 4) is 5.75 Å². The number of nitrogens with one attached hydrogen (secondary N) is 1. The molecule has 0 aromatic heterocycles. The molecule has 33 heavy (non-hydrogen) atoms. The molecule has 0 radical (unpaired) electrons. The van der Waals surface area contributed by atoms with Crippen molar-refractivity contribution in [2.45, 2.75) is 31.8 Å². The second kappa shape index (κ2) is 11.6. The van der Waals surface area contributed by atoms with Crippen molar-refractivity contribution >= 4 is 15.9 Å². The Kier molecular flexibility index (Phi) is 8.85. The summed E-state index contributed by atoms with van der Waals surface area (Å²) in [6.45, 7) is 8.53. The summed E-state index contributed by atoms with van der Waals surface area (Å²) in [7, 11) is -2.39. The smallest absolute Gasteiger partial charge is 0.251 e. The minimum atomic E-state index is -3.81. The molecule has 1 aliphatic heterocycles. The third-order valence-corrected chi connectivity index (χ3v) is 7.78. The first-order valence-corrected chi connectivity index (χ1v) is 12.7. The number of rotatable bonds is 10. The van der Waals surface area contributed by atoms with Crippen LogP contribution in [0.5, 0.6) is 5.75 Å². The molecule has 2 aromatic rings. The van der Waals surface area contributed by atoms with E-state index in [2.05, 4.69) is 30.1 Å². The van der Waals surface area contributed by atoms with Crippen LogP contribution < -0.4 is 10.1 Å². The van der Waals surface area contributed by atoms with Gasteiger partial charge in [-0.1, -0.05) is 38.1 Å². The highest BCUT2D eigenvalue weighted by Crippen LogP contribution is 2.28. The molecule has 1 heterocycles. The molecule has 2 aromatic carbocycles. The Hall–Kier alpha value is -2.46. The molecule has 0 aliphatic carbocycles. The first-order chi connectivity index (χ1) is 15.9. The van der Waals surface area contributed by atoms with Crippen LogP contribution in [0.3, 0.4) is 0 Å². The first kappa shape index (κ1) is 25.2. The summed E-state index contributed by atoms with van der Waals surface area (Å²) in [5.41, 5.74) is 2.46. The van der Waals surface area contributed by atoms with Gasteiger partial charge in [0, 0.05) is 31.7 Å². The van der Waals surface area contributed by atoms with Gasteiger partial charge >= 0.3 is 0 Å². The Labute approximate surface area is 196 Å². The van der Waals surface area contributed by atoms with Gasteiger partial charge < -0.3 is 14.8 Å². The standard InChI is InChI=1S/C24H33N3O5S/c1-4-26(5-2)18-21-9-7-6-8-20(21)17-25-24(28)19-10-11-22(31-3)23(16-19)33(29,30)27-12-14-32-15-13-27/h6-11,16H,4-5,12-15,17-18H2,1-3H3,(H,25,28). The number of hydrogen-bond donors (Lipinski definition) is 1. The third kappa shape index (κ3) is 6.11. The normalized spacial score (nSPS) is 14.9. The van der Waals surface area contributed by atoms with Gasteiger partial charge in [0.2, 0.25) is 10.0 Å². The van der Waals surface area contributed by atoms with Crippen LogP contribution in [0.15, 0.2) is 47.4 Å². The van der Waals surface area contributed by atoms with Crippen LogP contribution in [0.1, 0.15) is 35.3 Å². The molecule has 8 nitrogen and oxygen atoms in total. The number of morpholine rings is 1. The van der Waals surface area contributed by atoms with Gasteiger partial charge in [0.05, 0.1) is 20.3 Å². The van der Waals surface area contributed by atoms with Gasteiger partial charge in [-0.3, -0.25) is 9.69 Å². The van der Waals surface area contributed by atoms with Crippen LogP contribution in [0.2, 0.25) is 0 Å². The molecule has 1 saturated heterocycles. The van der Waals surface area contributed by atoms with E-state index in [0.29, 0.717) is 19.8 Å². The van der Waals surface area contributed by atoms with Crippen LogP contribution in [0.4, 0.5) is 0 Å². The summed E-state index contributed by atoms with van der Waals surface area (Å²) in [6, 6.07) is 12.5. The van der Waals surface area contributed by atoms with E-state index in [1.165, 1.54) is 23.5 Å². The molecule has 0 unspecified atom stereocenters. The van der Waals surface area contributed by atoms with E-state index in [-0.39, 0.29) is 35.2 Å². The fraction of sp³-hybridized carbons (Fsp3) is 0.458. The molecule has 0 atom stereocenters. The molecule has 3 rings (SSSR count). The lowest BCUT2D eigenvalue weighted by molar-refractivity contribution is 0.0729. The number of ether oxygens (including phenoxy) is 2. The Morgan fingerprint density at radius 2 is 1.76 bits per heavy atom. The fourth-order valence-electron chi connectivity index (χ4n) is 3.80. The Balaban J connectivity index is 1.78. The molecule has 1 fully saturated rings. The van der Waals surface area contributed by atoms with Gasteiger partial charge in [-0.2, -0.15) is 4.31 Å². The van der Waals surface area contributed by atoms with Crippen molar-refractivity contribution < 1.29 is 22.7 Å². The number of benzene rings is 2. The van der Waals surface area contributed by atoms with Crippen LogP contribution in [-0.4, -0.2) is 70.0 Å². The lowest BCUT2D eigenvalue weighted by atomic mass is 10.1. The van der Waals surface area contributed by atoms with Gasteiger partial charge in [-0.25, -0.2) is 8.42 Å². The Morgan fingerprint density at radius 3 is 2.39 bits per heavy atom. The molecule has 9 heteroatoms. The van der Waals surface area contributed by atoms with Crippen molar-refractivity contribution in [2.75, 3.05) is 46.5 Å². The van der Waals surface area contributed by atoms with Crippen molar-refractivity contribution in [3.63, 3.8) is 0 Å². The van der Waals surface area contributed by atoms with Gasteiger partial charge in [0.15, 0.2) is 0 Å².